The van der Waals surface area contributed by atoms with Gasteiger partial charge in [-0.15, -0.1) is 0 Å². The fourth-order valence-corrected chi connectivity index (χ4v) is 11.0. The minimum Gasteiger partial charge on any atom is -0.255 e. The molecule has 2 aromatic heterocycles. The van der Waals surface area contributed by atoms with Crippen molar-refractivity contribution in [1.29, 1.82) is 0 Å². The Morgan fingerprint density at radius 1 is 0.431 bits per heavy atom. The highest BCUT2D eigenvalue weighted by molar-refractivity contribution is 5.70. The van der Waals surface area contributed by atoms with Crippen LogP contribution in [0.1, 0.15) is 150 Å². The van der Waals surface area contributed by atoms with Crippen molar-refractivity contribution in [3.63, 3.8) is 0 Å². The molecule has 2 saturated carbocycles. The Balaban J connectivity index is 1.06. The van der Waals surface area contributed by atoms with Crippen LogP contribution in [-0.4, -0.2) is 19.9 Å². The van der Waals surface area contributed by atoms with E-state index in [4.69, 9.17) is 19.9 Å². The van der Waals surface area contributed by atoms with Gasteiger partial charge in [0.15, 0.2) is 17.5 Å². The molecule has 51 heavy (non-hydrogen) atoms. The standard InChI is InChI=1S/C47H50N4/c1-45(2)39-21-17-31(25-40(39)46(3,4)47(45,5)6)41-22-18-34(26-48-41)44-50-42(32-15-19-35-27-7-11-29(12-8-27)37(35)23-32)49-43(51-44)33-16-20-36-28-9-13-30(14-10-28)38(36)24-33/h15-30H,7-14H2,1-6H3. The zero-order chi connectivity index (χ0) is 34.9. The molecule has 2 heterocycles. The predicted molar refractivity (Wildman–Crippen MR) is 207 cm³/mol. The van der Waals surface area contributed by atoms with Crippen LogP contribution in [0.25, 0.3) is 45.4 Å². The quantitative estimate of drug-likeness (QED) is 0.191. The molecule has 12 rings (SSSR count). The van der Waals surface area contributed by atoms with Crippen LogP contribution in [0, 0.1) is 5.41 Å². The van der Waals surface area contributed by atoms with Gasteiger partial charge < -0.3 is 0 Å². The molecule has 7 aliphatic rings. The second-order valence-corrected chi connectivity index (χ2v) is 18.2. The lowest BCUT2D eigenvalue weighted by atomic mass is 9.59. The van der Waals surface area contributed by atoms with Gasteiger partial charge in [-0.25, -0.2) is 15.0 Å². The van der Waals surface area contributed by atoms with Crippen LogP contribution in [-0.2, 0) is 10.8 Å². The molecule has 0 radical (unpaired) electrons. The summed E-state index contributed by atoms with van der Waals surface area (Å²) in [5.41, 5.74) is 14.6. The number of fused-ring (bicyclic) bond motifs is 5. The van der Waals surface area contributed by atoms with Gasteiger partial charge in [-0.2, -0.15) is 0 Å². The van der Waals surface area contributed by atoms with E-state index in [1.807, 2.05) is 6.20 Å². The molecule has 0 N–H and O–H groups in total. The molecule has 2 fully saturated rings. The zero-order valence-corrected chi connectivity index (χ0v) is 31.2. The van der Waals surface area contributed by atoms with Crippen LogP contribution in [0.15, 0.2) is 72.9 Å². The van der Waals surface area contributed by atoms with Gasteiger partial charge in [0.25, 0.3) is 0 Å². The normalized spacial score (nSPS) is 25.7. The summed E-state index contributed by atoms with van der Waals surface area (Å²) in [5.74, 6) is 4.97. The van der Waals surface area contributed by atoms with Crippen molar-refractivity contribution in [2.75, 3.05) is 0 Å². The van der Waals surface area contributed by atoms with Crippen LogP contribution in [0.2, 0.25) is 0 Å². The summed E-state index contributed by atoms with van der Waals surface area (Å²) in [6.07, 6.45) is 12.5. The Kier molecular flexibility index (Phi) is 6.75. The van der Waals surface area contributed by atoms with Gasteiger partial charge in [-0.05, 0) is 155 Å². The van der Waals surface area contributed by atoms with Crippen molar-refractivity contribution in [2.24, 2.45) is 5.41 Å². The number of aromatic nitrogens is 4. The van der Waals surface area contributed by atoms with E-state index in [0.29, 0.717) is 29.5 Å². The number of benzene rings is 3. The number of rotatable bonds is 4. The maximum atomic E-state index is 5.21. The molecule has 5 aromatic rings. The number of hydrogen-bond acceptors (Lipinski definition) is 4. The Hall–Kier alpha value is -4.18. The highest BCUT2D eigenvalue weighted by Gasteiger charge is 2.56. The monoisotopic (exact) mass is 670 g/mol. The Bertz CT molecular complexity index is 2120. The van der Waals surface area contributed by atoms with Gasteiger partial charge in [-0.3, -0.25) is 4.98 Å². The summed E-state index contributed by atoms with van der Waals surface area (Å²) in [4.78, 5) is 20.6. The molecule has 0 unspecified atom stereocenters. The van der Waals surface area contributed by atoms with Gasteiger partial charge in [0.1, 0.15) is 0 Å². The Labute approximate surface area is 303 Å². The average Bonchev–Trinajstić information content (AvgIpc) is 3.28. The first-order chi connectivity index (χ1) is 24.5. The maximum Gasteiger partial charge on any atom is 0.165 e. The van der Waals surface area contributed by atoms with Gasteiger partial charge in [0, 0.05) is 28.5 Å². The fourth-order valence-electron chi connectivity index (χ4n) is 11.0. The van der Waals surface area contributed by atoms with E-state index in [-0.39, 0.29) is 16.2 Å². The molecule has 7 aliphatic carbocycles. The SMILES string of the molecule is CC1(C)c2ccc(-c3ccc(-c4nc(-c5ccc6c(c5)C5CCC6CC5)nc(-c5ccc6c(c5)C5CCC6CC5)n4)cn3)cc2C(C)(C)C1(C)C. The van der Waals surface area contributed by atoms with Crippen molar-refractivity contribution in [3.05, 3.63) is 106 Å². The van der Waals surface area contributed by atoms with Crippen LogP contribution in [0.3, 0.4) is 0 Å². The fraction of sp³-hybridized carbons (Fsp3) is 0.447. The third-order valence-corrected chi connectivity index (χ3v) is 15.3. The van der Waals surface area contributed by atoms with Crippen molar-refractivity contribution in [2.45, 2.75) is 127 Å². The Morgan fingerprint density at radius 3 is 1.35 bits per heavy atom. The molecule has 0 amide bonds. The summed E-state index contributed by atoms with van der Waals surface area (Å²) in [7, 11) is 0. The topological polar surface area (TPSA) is 51.6 Å². The third-order valence-electron chi connectivity index (χ3n) is 15.3. The molecule has 3 aromatic carbocycles. The molecular weight excluding hydrogens is 621 g/mol. The average molecular weight is 671 g/mol. The largest absolute Gasteiger partial charge is 0.255 e. The highest BCUT2D eigenvalue weighted by Crippen LogP contribution is 2.62. The molecule has 0 saturated heterocycles. The van der Waals surface area contributed by atoms with E-state index in [9.17, 15) is 0 Å². The molecular formula is C47H50N4. The number of pyridine rings is 1. The molecule has 0 aliphatic heterocycles. The van der Waals surface area contributed by atoms with Crippen LogP contribution in [0.5, 0.6) is 0 Å². The van der Waals surface area contributed by atoms with Crippen molar-refractivity contribution in [3.8, 4) is 45.4 Å². The zero-order valence-electron chi connectivity index (χ0n) is 31.2. The summed E-state index contributed by atoms with van der Waals surface area (Å²) in [6.45, 7) is 14.4. The summed E-state index contributed by atoms with van der Waals surface area (Å²) >= 11 is 0. The maximum absolute atomic E-state index is 5.21. The van der Waals surface area contributed by atoms with E-state index in [2.05, 4.69) is 108 Å². The van der Waals surface area contributed by atoms with E-state index >= 15 is 0 Å². The van der Waals surface area contributed by atoms with Crippen LogP contribution in [0.4, 0.5) is 0 Å². The summed E-state index contributed by atoms with van der Waals surface area (Å²) < 4.78 is 0. The minimum atomic E-state index is 0.0475. The number of hydrogen-bond donors (Lipinski definition) is 0. The second kappa shape index (κ2) is 10.9. The molecule has 4 nitrogen and oxygen atoms in total. The first kappa shape index (κ1) is 31.5. The lowest BCUT2D eigenvalue weighted by Crippen LogP contribution is -2.42. The molecule has 258 valence electrons. The molecule has 4 bridgehead atoms. The first-order valence-corrected chi connectivity index (χ1v) is 19.7. The molecule has 0 atom stereocenters. The van der Waals surface area contributed by atoms with Gasteiger partial charge >= 0.3 is 0 Å². The Morgan fingerprint density at radius 2 is 0.863 bits per heavy atom. The van der Waals surface area contributed by atoms with E-state index in [0.717, 1.165) is 39.6 Å². The van der Waals surface area contributed by atoms with Gasteiger partial charge in [0.05, 0.1) is 5.69 Å². The third kappa shape index (κ3) is 4.57. The van der Waals surface area contributed by atoms with E-state index in [1.165, 1.54) is 73.6 Å². The van der Waals surface area contributed by atoms with Crippen molar-refractivity contribution < 1.29 is 0 Å². The second-order valence-electron chi connectivity index (χ2n) is 18.2. The van der Waals surface area contributed by atoms with Gasteiger partial charge in [-0.1, -0.05) is 77.9 Å². The first-order valence-electron chi connectivity index (χ1n) is 19.7. The lowest BCUT2D eigenvalue weighted by Gasteiger charge is -2.44. The van der Waals surface area contributed by atoms with Gasteiger partial charge in [0.2, 0.25) is 0 Å². The van der Waals surface area contributed by atoms with E-state index < -0.39 is 0 Å². The summed E-state index contributed by atoms with van der Waals surface area (Å²) in [5, 5.41) is 0. The van der Waals surface area contributed by atoms with Crippen LogP contribution < -0.4 is 0 Å². The highest BCUT2D eigenvalue weighted by atomic mass is 15.0. The number of nitrogens with zero attached hydrogens (tertiary/aromatic N) is 4. The predicted octanol–water partition coefficient (Wildman–Crippen LogP) is 12.0. The minimum absolute atomic E-state index is 0.0475. The molecule has 0 spiro atoms. The van der Waals surface area contributed by atoms with Crippen molar-refractivity contribution >= 4 is 0 Å². The smallest absolute Gasteiger partial charge is 0.165 e. The summed E-state index contributed by atoms with van der Waals surface area (Å²) in [6, 6.07) is 25.3. The molecule has 4 heteroatoms. The van der Waals surface area contributed by atoms with Crippen molar-refractivity contribution in [1.82, 2.24) is 19.9 Å². The lowest BCUT2D eigenvalue weighted by molar-refractivity contribution is 0.125. The van der Waals surface area contributed by atoms with Crippen LogP contribution >= 0.6 is 0 Å². The van der Waals surface area contributed by atoms with E-state index in [1.54, 1.807) is 11.1 Å².